The Kier molecular flexibility index (Phi) is 7.80. The third-order valence-corrected chi connectivity index (χ3v) is 5.40. The van der Waals surface area contributed by atoms with Crippen LogP contribution in [0.25, 0.3) is 0 Å². The van der Waals surface area contributed by atoms with Gasteiger partial charge in [-0.15, -0.1) is 0 Å². The average molecular weight is 406 g/mol. The fraction of sp³-hybridized carbons (Fsp3) is 0.360. The van der Waals surface area contributed by atoms with Gasteiger partial charge in [-0.3, -0.25) is 14.5 Å². The van der Waals surface area contributed by atoms with E-state index in [0.717, 1.165) is 38.0 Å². The first-order valence-corrected chi connectivity index (χ1v) is 10.6. The Balaban J connectivity index is 1.63. The highest BCUT2D eigenvalue weighted by molar-refractivity contribution is 5.97. The van der Waals surface area contributed by atoms with Crippen molar-refractivity contribution in [2.75, 3.05) is 19.6 Å². The zero-order chi connectivity index (χ0) is 21.3. The molecule has 0 radical (unpaired) electrons. The molecular formula is C25H31N3O2. The monoisotopic (exact) mass is 405 g/mol. The van der Waals surface area contributed by atoms with Crippen LogP contribution in [0.5, 0.6) is 0 Å². The number of amides is 2. The van der Waals surface area contributed by atoms with E-state index in [4.69, 9.17) is 0 Å². The first-order valence-electron chi connectivity index (χ1n) is 10.6. The minimum atomic E-state index is -0.720. The molecule has 1 aliphatic rings. The lowest BCUT2D eigenvalue weighted by Crippen LogP contribution is -2.48. The SMILES string of the molecule is CC(C)=CCN1CCC(NC(=O)C(NC(=O)c2ccccc2)c2ccccc2)CC1. The van der Waals surface area contributed by atoms with Crippen LogP contribution in [-0.2, 0) is 4.79 Å². The summed E-state index contributed by atoms with van der Waals surface area (Å²) in [7, 11) is 0. The Labute approximate surface area is 179 Å². The molecule has 0 aliphatic carbocycles. The van der Waals surface area contributed by atoms with Crippen LogP contribution in [-0.4, -0.2) is 42.4 Å². The second-order valence-electron chi connectivity index (χ2n) is 8.05. The second-order valence-corrected chi connectivity index (χ2v) is 8.05. The van der Waals surface area contributed by atoms with Crippen molar-refractivity contribution in [3.63, 3.8) is 0 Å². The molecule has 0 spiro atoms. The summed E-state index contributed by atoms with van der Waals surface area (Å²) in [5.74, 6) is -0.413. The molecule has 3 rings (SSSR count). The van der Waals surface area contributed by atoms with Gasteiger partial charge in [-0.2, -0.15) is 0 Å². The number of nitrogens with one attached hydrogen (secondary N) is 2. The molecule has 2 aromatic rings. The molecule has 1 fully saturated rings. The topological polar surface area (TPSA) is 61.4 Å². The zero-order valence-electron chi connectivity index (χ0n) is 17.8. The van der Waals surface area contributed by atoms with Crippen molar-refractivity contribution in [3.05, 3.63) is 83.4 Å². The van der Waals surface area contributed by atoms with Crippen molar-refractivity contribution >= 4 is 11.8 Å². The molecule has 5 heteroatoms. The van der Waals surface area contributed by atoms with Gasteiger partial charge in [0.15, 0.2) is 0 Å². The third kappa shape index (κ3) is 6.29. The number of allylic oxidation sites excluding steroid dienone is 1. The molecule has 0 saturated carbocycles. The largest absolute Gasteiger partial charge is 0.351 e. The Morgan fingerprint density at radius 1 is 1.00 bits per heavy atom. The van der Waals surface area contributed by atoms with E-state index >= 15 is 0 Å². The summed E-state index contributed by atoms with van der Waals surface area (Å²) < 4.78 is 0. The molecule has 158 valence electrons. The number of hydrogen-bond acceptors (Lipinski definition) is 3. The van der Waals surface area contributed by atoms with Crippen molar-refractivity contribution in [1.82, 2.24) is 15.5 Å². The van der Waals surface area contributed by atoms with Crippen LogP contribution in [0.3, 0.4) is 0 Å². The van der Waals surface area contributed by atoms with E-state index < -0.39 is 6.04 Å². The minimum absolute atomic E-state index is 0.125. The van der Waals surface area contributed by atoms with Gasteiger partial charge in [0.1, 0.15) is 6.04 Å². The van der Waals surface area contributed by atoms with Crippen molar-refractivity contribution in [3.8, 4) is 0 Å². The van der Waals surface area contributed by atoms with Crippen LogP contribution in [0, 0.1) is 0 Å². The number of piperidine rings is 1. The maximum atomic E-state index is 13.1. The highest BCUT2D eigenvalue weighted by Crippen LogP contribution is 2.17. The maximum Gasteiger partial charge on any atom is 0.252 e. The van der Waals surface area contributed by atoms with Crippen molar-refractivity contribution < 1.29 is 9.59 Å². The van der Waals surface area contributed by atoms with Crippen molar-refractivity contribution in [2.45, 2.75) is 38.8 Å². The first-order chi connectivity index (χ1) is 14.5. The maximum absolute atomic E-state index is 13.1. The van der Waals surface area contributed by atoms with E-state index in [1.54, 1.807) is 12.1 Å². The van der Waals surface area contributed by atoms with Gasteiger partial charge in [-0.05, 0) is 44.4 Å². The molecule has 0 bridgehead atoms. The molecule has 1 saturated heterocycles. The van der Waals surface area contributed by atoms with E-state index in [1.165, 1.54) is 5.57 Å². The van der Waals surface area contributed by atoms with Gasteiger partial charge in [0.05, 0.1) is 0 Å². The van der Waals surface area contributed by atoms with Crippen LogP contribution in [0.2, 0.25) is 0 Å². The van der Waals surface area contributed by atoms with Crippen molar-refractivity contribution in [2.24, 2.45) is 0 Å². The highest BCUT2D eigenvalue weighted by Gasteiger charge is 2.27. The number of hydrogen-bond donors (Lipinski definition) is 2. The van der Waals surface area contributed by atoms with Gasteiger partial charge in [0.25, 0.3) is 5.91 Å². The predicted molar refractivity (Wildman–Crippen MR) is 120 cm³/mol. The Morgan fingerprint density at radius 3 is 2.20 bits per heavy atom. The molecule has 2 aromatic carbocycles. The molecular weight excluding hydrogens is 374 g/mol. The zero-order valence-corrected chi connectivity index (χ0v) is 17.8. The smallest absolute Gasteiger partial charge is 0.252 e. The number of carbonyl (C=O) groups excluding carboxylic acids is 2. The van der Waals surface area contributed by atoms with Gasteiger partial charge in [-0.1, -0.05) is 60.2 Å². The van der Waals surface area contributed by atoms with Crippen molar-refractivity contribution in [1.29, 1.82) is 0 Å². The highest BCUT2D eigenvalue weighted by atomic mass is 16.2. The predicted octanol–water partition coefficient (Wildman–Crippen LogP) is 3.70. The van der Waals surface area contributed by atoms with Gasteiger partial charge < -0.3 is 10.6 Å². The quantitative estimate of drug-likeness (QED) is 0.691. The summed E-state index contributed by atoms with van der Waals surface area (Å²) in [6.45, 7) is 7.10. The number of carbonyl (C=O) groups is 2. The Bertz CT molecular complexity index is 852. The van der Waals surface area contributed by atoms with Gasteiger partial charge in [0.2, 0.25) is 5.91 Å². The standard InChI is InChI=1S/C25H31N3O2/c1-19(2)13-16-28-17-14-22(15-18-28)26-25(30)23(20-9-5-3-6-10-20)27-24(29)21-11-7-4-8-12-21/h3-13,22-23H,14-18H2,1-2H3,(H,26,30)(H,27,29). The number of likely N-dealkylation sites (tertiary alicyclic amines) is 1. The van der Waals surface area contributed by atoms with E-state index in [2.05, 4.69) is 35.5 Å². The van der Waals surface area contributed by atoms with Gasteiger partial charge >= 0.3 is 0 Å². The molecule has 1 atom stereocenters. The van der Waals surface area contributed by atoms with E-state index in [-0.39, 0.29) is 17.9 Å². The van der Waals surface area contributed by atoms with E-state index in [9.17, 15) is 9.59 Å². The molecule has 5 nitrogen and oxygen atoms in total. The van der Waals surface area contributed by atoms with Crippen LogP contribution < -0.4 is 10.6 Å². The average Bonchev–Trinajstić information content (AvgIpc) is 2.78. The molecule has 0 aromatic heterocycles. The van der Waals surface area contributed by atoms with Crippen LogP contribution in [0.4, 0.5) is 0 Å². The fourth-order valence-corrected chi connectivity index (χ4v) is 3.61. The summed E-state index contributed by atoms with van der Waals surface area (Å²) in [5, 5.41) is 6.08. The molecule has 1 heterocycles. The van der Waals surface area contributed by atoms with Gasteiger partial charge in [-0.25, -0.2) is 0 Å². The number of rotatable bonds is 7. The van der Waals surface area contributed by atoms with Crippen LogP contribution in [0.1, 0.15) is 48.7 Å². The molecule has 1 unspecified atom stereocenters. The first kappa shape index (κ1) is 21.8. The minimum Gasteiger partial charge on any atom is -0.351 e. The molecule has 2 amide bonds. The number of benzene rings is 2. The molecule has 2 N–H and O–H groups in total. The molecule has 30 heavy (non-hydrogen) atoms. The van der Waals surface area contributed by atoms with E-state index in [0.29, 0.717) is 5.56 Å². The third-order valence-electron chi connectivity index (χ3n) is 5.40. The summed E-state index contributed by atoms with van der Waals surface area (Å²) in [6, 6.07) is 17.8. The fourth-order valence-electron chi connectivity index (χ4n) is 3.61. The second kappa shape index (κ2) is 10.7. The Hall–Kier alpha value is -2.92. The summed E-state index contributed by atoms with van der Waals surface area (Å²) >= 11 is 0. The number of nitrogens with zero attached hydrogens (tertiary/aromatic N) is 1. The summed E-state index contributed by atoms with van der Waals surface area (Å²) in [4.78, 5) is 28.2. The lowest BCUT2D eigenvalue weighted by Gasteiger charge is -2.32. The lowest BCUT2D eigenvalue weighted by molar-refractivity contribution is -0.124. The van der Waals surface area contributed by atoms with Crippen LogP contribution >= 0.6 is 0 Å². The summed E-state index contributed by atoms with van der Waals surface area (Å²) in [5.41, 5.74) is 2.64. The normalized spacial score (nSPS) is 15.8. The Morgan fingerprint density at radius 2 is 1.60 bits per heavy atom. The lowest BCUT2D eigenvalue weighted by atomic mass is 10.0. The summed E-state index contributed by atoms with van der Waals surface area (Å²) in [6.07, 6.45) is 4.07. The van der Waals surface area contributed by atoms with Gasteiger partial charge in [0, 0.05) is 31.2 Å². The van der Waals surface area contributed by atoms with Crippen LogP contribution in [0.15, 0.2) is 72.3 Å². The molecule has 1 aliphatic heterocycles. The van der Waals surface area contributed by atoms with E-state index in [1.807, 2.05) is 48.5 Å².